The van der Waals surface area contributed by atoms with Crippen LogP contribution in [-0.4, -0.2) is 34.9 Å². The number of aromatic nitrogens is 2. The summed E-state index contributed by atoms with van der Waals surface area (Å²) in [6, 6.07) is 18.7. The Hall–Kier alpha value is -3.10. The number of amides is 1. The van der Waals surface area contributed by atoms with E-state index in [1.165, 1.54) is 27.7 Å². The maximum Gasteiger partial charge on any atom is 0.276 e. The number of methoxy groups -OCH3 is 1. The average Bonchev–Trinajstić information content (AvgIpc) is 3.28. The highest BCUT2D eigenvalue weighted by atomic mass is 32.2. The molecule has 0 fully saturated rings. The molecule has 31 heavy (non-hydrogen) atoms. The first-order valence-electron chi connectivity index (χ1n) is 9.76. The van der Waals surface area contributed by atoms with Crippen LogP contribution in [0.25, 0.3) is 15.9 Å². The molecule has 0 spiro atoms. The molecule has 4 rings (SSSR count). The van der Waals surface area contributed by atoms with Gasteiger partial charge in [-0.05, 0) is 42.6 Å². The molecule has 0 bridgehead atoms. The molecule has 8 heteroatoms. The fourth-order valence-corrected chi connectivity index (χ4v) is 4.97. The number of anilines is 1. The molecular formula is C23H21N3O3S2. The highest BCUT2D eigenvalue weighted by molar-refractivity contribution is 7.99. The van der Waals surface area contributed by atoms with Crippen molar-refractivity contribution < 1.29 is 9.53 Å². The van der Waals surface area contributed by atoms with Crippen LogP contribution in [0.2, 0.25) is 0 Å². The number of thiophene rings is 1. The fraction of sp³-hybridized carbons (Fsp3) is 0.174. The number of benzene rings is 2. The molecule has 1 amide bonds. The van der Waals surface area contributed by atoms with Gasteiger partial charge in [-0.25, -0.2) is 4.98 Å². The van der Waals surface area contributed by atoms with Crippen molar-refractivity contribution in [3.05, 3.63) is 76.4 Å². The first-order chi connectivity index (χ1) is 15.1. The molecule has 6 nitrogen and oxygen atoms in total. The SMILES string of the molecule is CCN(C(=O)CSc1nc2ccsc2c(=O)n1-c1ccccc1OC)c1ccccc1. The number of carbonyl (C=O) groups excluding carboxylic acids is 1. The molecule has 0 atom stereocenters. The van der Waals surface area contributed by atoms with E-state index >= 15 is 0 Å². The maximum atomic E-state index is 13.3. The van der Waals surface area contributed by atoms with Crippen LogP contribution < -0.4 is 15.2 Å². The minimum Gasteiger partial charge on any atom is -0.495 e. The lowest BCUT2D eigenvalue weighted by atomic mass is 10.3. The van der Waals surface area contributed by atoms with Crippen LogP contribution in [0.3, 0.4) is 0 Å². The van der Waals surface area contributed by atoms with Crippen LogP contribution in [-0.2, 0) is 4.79 Å². The summed E-state index contributed by atoms with van der Waals surface area (Å²) in [4.78, 5) is 32.7. The molecule has 2 heterocycles. The number of nitrogens with zero attached hydrogens (tertiary/aromatic N) is 3. The third-order valence-electron chi connectivity index (χ3n) is 4.79. The van der Waals surface area contributed by atoms with E-state index in [0.29, 0.717) is 33.4 Å². The Bertz CT molecular complexity index is 1270. The van der Waals surface area contributed by atoms with Crippen molar-refractivity contribution in [1.29, 1.82) is 0 Å². The van der Waals surface area contributed by atoms with Crippen LogP contribution >= 0.6 is 23.1 Å². The van der Waals surface area contributed by atoms with E-state index in [4.69, 9.17) is 4.74 Å². The minimum atomic E-state index is -0.171. The van der Waals surface area contributed by atoms with E-state index in [1.807, 2.05) is 66.9 Å². The number of para-hydroxylation sites is 3. The molecule has 0 aliphatic rings. The van der Waals surface area contributed by atoms with Gasteiger partial charge >= 0.3 is 0 Å². The summed E-state index contributed by atoms with van der Waals surface area (Å²) in [6.07, 6.45) is 0. The number of hydrogen-bond donors (Lipinski definition) is 0. The number of ether oxygens (including phenoxy) is 1. The molecule has 0 unspecified atom stereocenters. The van der Waals surface area contributed by atoms with Gasteiger partial charge in [0.2, 0.25) is 5.91 Å². The van der Waals surface area contributed by atoms with Gasteiger partial charge in [0.1, 0.15) is 10.4 Å². The lowest BCUT2D eigenvalue weighted by Crippen LogP contribution is -2.32. The first kappa shape index (κ1) is 21.1. The van der Waals surface area contributed by atoms with Crippen LogP contribution in [0, 0.1) is 0 Å². The number of hydrogen-bond acceptors (Lipinski definition) is 6. The normalized spacial score (nSPS) is 10.9. The Balaban J connectivity index is 1.72. The van der Waals surface area contributed by atoms with Crippen LogP contribution in [0.5, 0.6) is 5.75 Å². The summed E-state index contributed by atoms with van der Waals surface area (Å²) in [6.45, 7) is 2.50. The van der Waals surface area contributed by atoms with Gasteiger partial charge in [0.05, 0.1) is 24.1 Å². The van der Waals surface area contributed by atoms with Gasteiger partial charge in [0.15, 0.2) is 5.16 Å². The molecule has 2 aromatic heterocycles. The Kier molecular flexibility index (Phi) is 6.39. The van der Waals surface area contributed by atoms with Crippen molar-refractivity contribution in [2.45, 2.75) is 12.1 Å². The van der Waals surface area contributed by atoms with Crippen LogP contribution in [0.15, 0.2) is 76.0 Å². The van der Waals surface area contributed by atoms with E-state index in [1.54, 1.807) is 18.1 Å². The zero-order chi connectivity index (χ0) is 21.8. The summed E-state index contributed by atoms with van der Waals surface area (Å²) in [5.74, 6) is 0.667. The molecular weight excluding hydrogens is 430 g/mol. The van der Waals surface area contributed by atoms with E-state index < -0.39 is 0 Å². The summed E-state index contributed by atoms with van der Waals surface area (Å²) >= 11 is 2.60. The lowest BCUT2D eigenvalue weighted by molar-refractivity contribution is -0.116. The number of fused-ring (bicyclic) bond motifs is 1. The molecule has 158 valence electrons. The van der Waals surface area contributed by atoms with Crippen LogP contribution in [0.1, 0.15) is 6.92 Å². The van der Waals surface area contributed by atoms with Crippen LogP contribution in [0.4, 0.5) is 5.69 Å². The Morgan fingerprint density at radius 2 is 1.87 bits per heavy atom. The topological polar surface area (TPSA) is 64.4 Å². The van der Waals surface area contributed by atoms with Crippen molar-refractivity contribution >= 4 is 44.9 Å². The van der Waals surface area contributed by atoms with E-state index in [2.05, 4.69) is 4.98 Å². The van der Waals surface area contributed by atoms with Gasteiger partial charge in [0, 0.05) is 12.2 Å². The van der Waals surface area contributed by atoms with Crippen molar-refractivity contribution in [3.63, 3.8) is 0 Å². The van der Waals surface area contributed by atoms with Crippen molar-refractivity contribution in [2.24, 2.45) is 0 Å². The summed E-state index contributed by atoms with van der Waals surface area (Å²) in [5.41, 5.74) is 1.91. The summed E-state index contributed by atoms with van der Waals surface area (Å²) in [5, 5.41) is 2.30. The average molecular weight is 452 g/mol. The van der Waals surface area contributed by atoms with E-state index in [0.717, 1.165) is 5.69 Å². The zero-order valence-electron chi connectivity index (χ0n) is 17.1. The lowest BCUT2D eigenvalue weighted by Gasteiger charge is -2.21. The standard InChI is InChI=1S/C23H21N3O3S2/c1-3-25(16-9-5-4-6-10-16)20(27)15-31-23-24-17-13-14-30-21(17)22(28)26(23)18-11-7-8-12-19(18)29-2/h4-14H,3,15H2,1-2H3. The number of thioether (sulfide) groups is 1. The Morgan fingerprint density at radius 1 is 1.13 bits per heavy atom. The molecule has 0 radical (unpaired) electrons. The molecule has 2 aromatic carbocycles. The minimum absolute atomic E-state index is 0.0510. The van der Waals surface area contributed by atoms with Crippen molar-refractivity contribution in [1.82, 2.24) is 9.55 Å². The van der Waals surface area contributed by atoms with Gasteiger partial charge < -0.3 is 9.64 Å². The fourth-order valence-electron chi connectivity index (χ4n) is 3.33. The van der Waals surface area contributed by atoms with E-state index in [9.17, 15) is 9.59 Å². The smallest absolute Gasteiger partial charge is 0.276 e. The molecule has 0 aliphatic heterocycles. The monoisotopic (exact) mass is 451 g/mol. The molecule has 0 aliphatic carbocycles. The molecule has 0 N–H and O–H groups in total. The van der Waals surface area contributed by atoms with Crippen molar-refractivity contribution in [2.75, 3.05) is 24.3 Å². The maximum absolute atomic E-state index is 13.3. The van der Waals surface area contributed by atoms with Gasteiger partial charge in [-0.15, -0.1) is 11.3 Å². The van der Waals surface area contributed by atoms with Gasteiger partial charge in [0.25, 0.3) is 5.56 Å². The highest BCUT2D eigenvalue weighted by Crippen LogP contribution is 2.28. The van der Waals surface area contributed by atoms with Gasteiger partial charge in [-0.2, -0.15) is 0 Å². The third-order valence-corrected chi connectivity index (χ3v) is 6.60. The van der Waals surface area contributed by atoms with E-state index in [-0.39, 0.29) is 17.2 Å². The second-order valence-corrected chi connectivity index (χ2v) is 8.46. The molecule has 0 saturated heterocycles. The van der Waals surface area contributed by atoms with Gasteiger partial charge in [-0.1, -0.05) is 42.1 Å². The molecule has 4 aromatic rings. The zero-order valence-corrected chi connectivity index (χ0v) is 18.8. The number of carbonyl (C=O) groups is 1. The highest BCUT2D eigenvalue weighted by Gasteiger charge is 2.20. The predicted molar refractivity (Wildman–Crippen MR) is 127 cm³/mol. The summed E-state index contributed by atoms with van der Waals surface area (Å²) < 4.78 is 7.58. The first-order valence-corrected chi connectivity index (χ1v) is 11.6. The Labute approximate surface area is 188 Å². The summed E-state index contributed by atoms with van der Waals surface area (Å²) in [7, 11) is 1.57. The largest absolute Gasteiger partial charge is 0.495 e. The quantitative estimate of drug-likeness (QED) is 0.303. The molecule has 0 saturated carbocycles. The van der Waals surface area contributed by atoms with Gasteiger partial charge in [-0.3, -0.25) is 14.2 Å². The number of rotatable bonds is 7. The second-order valence-electron chi connectivity index (χ2n) is 6.60. The second kappa shape index (κ2) is 9.36. The van der Waals surface area contributed by atoms with Crippen molar-refractivity contribution in [3.8, 4) is 11.4 Å². The predicted octanol–water partition coefficient (Wildman–Crippen LogP) is 4.60. The third kappa shape index (κ3) is 4.22. The Morgan fingerprint density at radius 3 is 2.61 bits per heavy atom.